The third kappa shape index (κ3) is 15.6. The molecule has 6 aromatic rings. The van der Waals surface area contributed by atoms with Crippen molar-refractivity contribution in [2.75, 3.05) is 89.0 Å². The standard InChI is InChI=1S/C26H34N6O5S.C25H36N8O4/c1-15-7-8-16(26(2,3)4)11-19(15)37-25-29-18(14-38-25)21(33)30-20-22(34-5)31-24(32-23(20)35-6)28-13-17-12-27-9-10-36-17;1-15(2)26-12-13-27-23-29-21(35-7)18(22(30-23)36-8)28-20(34)19-31-32-24(33(19)6)37-17-11-9-10-16(14-17)25(3,4)5/h7-8,11,14,17,27H,9-10,12-13H2,1-6H3,(H,30,33)(H,28,31,32);9-11,14-15,26H,12-13H2,1-8H3,(H,28,34)(H,27,29,30). The van der Waals surface area contributed by atoms with E-state index in [-0.39, 0.29) is 69.4 Å². The van der Waals surface area contributed by atoms with Gasteiger partial charge in [-0.2, -0.15) is 24.9 Å². The van der Waals surface area contributed by atoms with Crippen molar-refractivity contribution in [3.05, 3.63) is 76.1 Å². The van der Waals surface area contributed by atoms with E-state index < -0.39 is 11.8 Å². The summed E-state index contributed by atoms with van der Waals surface area (Å²) in [5.41, 5.74) is 3.72. The molecule has 75 heavy (non-hydrogen) atoms. The lowest BCUT2D eigenvalue weighted by molar-refractivity contribution is 0.0371. The molecule has 1 saturated heterocycles. The first-order valence-corrected chi connectivity index (χ1v) is 25.2. The van der Waals surface area contributed by atoms with Crippen molar-refractivity contribution in [2.45, 2.75) is 85.3 Å². The number of nitrogens with zero attached hydrogens (tertiary/aromatic N) is 8. The molecule has 24 heteroatoms. The molecule has 4 aromatic heterocycles. The number of hydrogen-bond acceptors (Lipinski definition) is 21. The van der Waals surface area contributed by atoms with E-state index in [9.17, 15) is 9.59 Å². The number of amides is 2. The van der Waals surface area contributed by atoms with Crippen LogP contribution in [-0.4, -0.2) is 131 Å². The van der Waals surface area contributed by atoms with Crippen LogP contribution in [0.4, 0.5) is 23.3 Å². The Kier molecular flexibility index (Phi) is 19.5. The topological polar surface area (TPSA) is 266 Å². The highest BCUT2D eigenvalue weighted by Crippen LogP contribution is 2.36. The summed E-state index contributed by atoms with van der Waals surface area (Å²) in [5.74, 6) is 1.46. The Balaban J connectivity index is 0.000000244. The third-order valence-electron chi connectivity index (χ3n) is 11.3. The first-order chi connectivity index (χ1) is 35.7. The summed E-state index contributed by atoms with van der Waals surface area (Å²) < 4.78 is 40.7. The monoisotopic (exact) mass is 1050 g/mol. The largest absolute Gasteiger partial charge is 0.479 e. The smallest absolute Gasteiger partial charge is 0.322 e. The van der Waals surface area contributed by atoms with Crippen LogP contribution >= 0.6 is 11.3 Å². The van der Waals surface area contributed by atoms with E-state index in [0.29, 0.717) is 54.3 Å². The number of carbonyl (C=O) groups excluding carboxylic acids is 2. The minimum atomic E-state index is -0.560. The van der Waals surface area contributed by atoms with Gasteiger partial charge in [0.1, 0.15) is 17.2 Å². The van der Waals surface area contributed by atoms with Gasteiger partial charge in [-0.3, -0.25) is 14.2 Å². The van der Waals surface area contributed by atoms with Crippen molar-refractivity contribution in [2.24, 2.45) is 7.05 Å². The van der Waals surface area contributed by atoms with Crippen molar-refractivity contribution < 1.29 is 42.7 Å². The summed E-state index contributed by atoms with van der Waals surface area (Å²) in [5, 5.41) is 28.3. The van der Waals surface area contributed by atoms with Gasteiger partial charge in [0.25, 0.3) is 17.0 Å². The van der Waals surface area contributed by atoms with E-state index in [0.717, 1.165) is 36.3 Å². The number of hydrogen-bond donors (Lipinski definition) is 6. The van der Waals surface area contributed by atoms with Crippen molar-refractivity contribution in [3.8, 4) is 46.2 Å². The van der Waals surface area contributed by atoms with E-state index in [4.69, 9.17) is 33.2 Å². The Morgan fingerprint density at radius 2 is 1.37 bits per heavy atom. The minimum Gasteiger partial charge on any atom is -0.479 e. The van der Waals surface area contributed by atoms with Gasteiger partial charge in [0.2, 0.25) is 41.2 Å². The van der Waals surface area contributed by atoms with Crippen LogP contribution in [-0.2, 0) is 22.6 Å². The number of aromatic nitrogens is 8. The first-order valence-electron chi connectivity index (χ1n) is 24.3. The number of carbonyl (C=O) groups is 2. The molecule has 6 N–H and O–H groups in total. The quantitative estimate of drug-likeness (QED) is 0.0407. The number of thiazole rings is 1. The van der Waals surface area contributed by atoms with Crippen molar-refractivity contribution in [1.82, 2.24) is 50.3 Å². The van der Waals surface area contributed by atoms with Gasteiger partial charge < -0.3 is 65.1 Å². The second kappa shape index (κ2) is 25.7. The van der Waals surface area contributed by atoms with Gasteiger partial charge >= 0.3 is 6.01 Å². The molecular formula is C51H70N14O9S. The lowest BCUT2D eigenvalue weighted by Crippen LogP contribution is -2.42. The zero-order valence-corrected chi connectivity index (χ0v) is 46.0. The van der Waals surface area contributed by atoms with Gasteiger partial charge in [-0.05, 0) is 52.6 Å². The summed E-state index contributed by atoms with van der Waals surface area (Å²) in [6.45, 7) is 22.9. The maximum atomic E-state index is 13.1. The SMILES string of the molecule is COc1nc(NCC2CNCCO2)nc(OC)c1NC(=O)c1csc(Oc2cc(C(C)(C)C)ccc2C)n1.COc1nc(NCCNC(C)C)nc(OC)c1NC(=O)c1nnc(Oc2cccc(C(C)(C)C)c2)n1C. The van der Waals surface area contributed by atoms with Gasteiger partial charge in [-0.1, -0.05) is 96.1 Å². The van der Waals surface area contributed by atoms with Crippen LogP contribution in [0.3, 0.4) is 0 Å². The molecule has 1 fully saturated rings. The molecule has 0 radical (unpaired) electrons. The van der Waals surface area contributed by atoms with Crippen molar-refractivity contribution in [3.63, 3.8) is 0 Å². The summed E-state index contributed by atoms with van der Waals surface area (Å²) in [7, 11) is 7.44. The lowest BCUT2D eigenvalue weighted by atomic mass is 9.86. The molecule has 0 bridgehead atoms. The zero-order chi connectivity index (χ0) is 54.5. The molecule has 0 saturated carbocycles. The van der Waals surface area contributed by atoms with Gasteiger partial charge in [0.05, 0.1) is 41.2 Å². The maximum Gasteiger partial charge on any atom is 0.322 e. The van der Waals surface area contributed by atoms with Crippen LogP contribution in [0, 0.1) is 6.92 Å². The molecule has 5 heterocycles. The number of methoxy groups -OCH3 is 4. The molecule has 1 unspecified atom stereocenters. The van der Waals surface area contributed by atoms with E-state index in [1.165, 1.54) is 44.3 Å². The Morgan fingerprint density at radius 3 is 1.95 bits per heavy atom. The Hall–Kier alpha value is -7.41. The zero-order valence-electron chi connectivity index (χ0n) is 45.2. The van der Waals surface area contributed by atoms with Crippen molar-refractivity contribution >= 4 is 46.4 Å². The van der Waals surface area contributed by atoms with Gasteiger partial charge in [-0.25, -0.2) is 0 Å². The molecule has 7 rings (SSSR count). The normalized spacial score (nSPS) is 13.5. The molecule has 0 spiro atoms. The Morgan fingerprint density at radius 1 is 0.773 bits per heavy atom. The highest BCUT2D eigenvalue weighted by molar-refractivity contribution is 7.11. The summed E-state index contributed by atoms with van der Waals surface area (Å²) in [6.07, 6.45) is -0.00970. The molecule has 1 atom stereocenters. The number of benzene rings is 2. The van der Waals surface area contributed by atoms with Crippen LogP contribution in [0.25, 0.3) is 0 Å². The summed E-state index contributed by atoms with van der Waals surface area (Å²) in [6, 6.07) is 14.4. The summed E-state index contributed by atoms with van der Waals surface area (Å²) >= 11 is 1.23. The predicted molar refractivity (Wildman–Crippen MR) is 287 cm³/mol. The molecule has 1 aliphatic rings. The fourth-order valence-corrected chi connectivity index (χ4v) is 7.72. The Bertz CT molecular complexity index is 2820. The van der Waals surface area contributed by atoms with Crippen LogP contribution < -0.4 is 60.3 Å². The fraction of sp³-hybridized carbons (Fsp3) is 0.471. The number of anilines is 4. The number of ether oxygens (including phenoxy) is 7. The molecule has 404 valence electrons. The molecule has 2 amide bonds. The van der Waals surface area contributed by atoms with Crippen LogP contribution in [0.5, 0.6) is 46.2 Å². The highest BCUT2D eigenvalue weighted by atomic mass is 32.1. The van der Waals surface area contributed by atoms with Crippen LogP contribution in [0.15, 0.2) is 47.8 Å². The van der Waals surface area contributed by atoms with Gasteiger partial charge in [-0.15, -0.1) is 5.10 Å². The van der Waals surface area contributed by atoms with E-state index in [2.05, 4.69) is 128 Å². The number of nitrogens with one attached hydrogen (secondary N) is 6. The summed E-state index contributed by atoms with van der Waals surface area (Å²) in [4.78, 5) is 48.0. The first kappa shape index (κ1) is 56.9. The maximum absolute atomic E-state index is 13.1. The van der Waals surface area contributed by atoms with E-state index in [1.54, 1.807) is 12.4 Å². The molecule has 1 aliphatic heterocycles. The van der Waals surface area contributed by atoms with E-state index >= 15 is 0 Å². The van der Waals surface area contributed by atoms with E-state index in [1.807, 2.05) is 43.3 Å². The van der Waals surface area contributed by atoms with Crippen LogP contribution in [0.2, 0.25) is 0 Å². The molecule has 23 nitrogen and oxygen atoms in total. The van der Waals surface area contributed by atoms with Gasteiger partial charge in [0.15, 0.2) is 11.4 Å². The Labute approximate surface area is 441 Å². The average Bonchev–Trinajstić information content (AvgIpc) is 4.01. The van der Waals surface area contributed by atoms with Gasteiger partial charge in [0, 0.05) is 51.2 Å². The fourth-order valence-electron chi connectivity index (χ4n) is 7.05. The number of rotatable bonds is 20. The molecular weight excluding hydrogens is 985 g/mol. The average molecular weight is 1060 g/mol. The van der Waals surface area contributed by atoms with Crippen molar-refractivity contribution in [1.29, 1.82) is 0 Å². The number of aryl methyl sites for hydroxylation is 1. The molecule has 0 aliphatic carbocycles. The third-order valence-corrected chi connectivity index (χ3v) is 12.0. The second-order valence-electron chi connectivity index (χ2n) is 19.5. The second-order valence-corrected chi connectivity index (χ2v) is 20.3. The number of morpholine rings is 1. The predicted octanol–water partition coefficient (Wildman–Crippen LogP) is 7.38. The van der Waals surface area contributed by atoms with Crippen LogP contribution in [0.1, 0.15) is 93.2 Å². The minimum absolute atomic E-state index is 0.00970. The molecule has 2 aromatic carbocycles. The lowest BCUT2D eigenvalue weighted by Gasteiger charge is -2.24. The highest BCUT2D eigenvalue weighted by Gasteiger charge is 2.26.